The first-order valence-corrected chi connectivity index (χ1v) is 15.6. The molecular weight excluding hydrogens is 560 g/mol. The van der Waals surface area contributed by atoms with Crippen LogP contribution in [0.2, 0.25) is 0 Å². The number of halogens is 2. The van der Waals surface area contributed by atoms with Crippen LogP contribution >= 0.6 is 0 Å². The van der Waals surface area contributed by atoms with Crippen molar-refractivity contribution < 1.29 is 26.7 Å². The predicted octanol–water partition coefficient (Wildman–Crippen LogP) is 5.01. The van der Waals surface area contributed by atoms with Crippen LogP contribution in [0.25, 0.3) is 22.0 Å². The Morgan fingerprint density at radius 2 is 1.64 bits per heavy atom. The summed E-state index contributed by atoms with van der Waals surface area (Å²) in [6, 6.07) is 17.9. The molecule has 0 radical (unpaired) electrons. The molecule has 0 amide bonds. The number of fused-ring (bicyclic) bond motifs is 2. The lowest BCUT2D eigenvalue weighted by Crippen LogP contribution is -2.48. The SMILES string of the molecule is CS(=O)(=O)N1CCN(CCCOc2ccc3c(c2)C(=O)C(c2cnc4ccccc4c2)=C3c2ccc(F)cc2F)CC1. The predicted molar refractivity (Wildman–Crippen MR) is 158 cm³/mol. The second-order valence-electron chi connectivity index (χ2n) is 10.5. The van der Waals surface area contributed by atoms with Crippen LogP contribution in [0.15, 0.2) is 72.9 Å². The molecule has 0 saturated carbocycles. The Morgan fingerprint density at radius 1 is 0.881 bits per heavy atom. The molecule has 4 aromatic rings. The molecule has 0 atom stereocenters. The van der Waals surface area contributed by atoms with Crippen LogP contribution in [-0.2, 0) is 10.0 Å². The topological polar surface area (TPSA) is 79.8 Å². The number of para-hydroxylation sites is 1. The number of aromatic nitrogens is 1. The minimum Gasteiger partial charge on any atom is -0.494 e. The van der Waals surface area contributed by atoms with Crippen molar-refractivity contribution in [3.05, 3.63) is 107 Å². The number of ether oxygens (including phenoxy) is 1. The monoisotopic (exact) mass is 589 g/mol. The van der Waals surface area contributed by atoms with Crippen molar-refractivity contribution >= 4 is 37.9 Å². The lowest BCUT2D eigenvalue weighted by atomic mass is 9.94. The van der Waals surface area contributed by atoms with E-state index in [1.165, 1.54) is 22.7 Å². The third-order valence-electron chi connectivity index (χ3n) is 7.75. The molecule has 2 aliphatic rings. The summed E-state index contributed by atoms with van der Waals surface area (Å²) in [7, 11) is -3.17. The summed E-state index contributed by atoms with van der Waals surface area (Å²) in [6.07, 6.45) is 3.56. The third kappa shape index (κ3) is 5.57. The van der Waals surface area contributed by atoms with Gasteiger partial charge >= 0.3 is 0 Å². The Morgan fingerprint density at radius 3 is 2.40 bits per heavy atom. The Kier molecular flexibility index (Phi) is 7.61. The first-order valence-electron chi connectivity index (χ1n) is 13.7. The number of carbonyl (C=O) groups is 1. The van der Waals surface area contributed by atoms with Gasteiger partial charge in [-0.1, -0.05) is 18.2 Å². The minimum absolute atomic E-state index is 0.135. The normalized spacial score (nSPS) is 16.3. The van der Waals surface area contributed by atoms with Crippen LogP contribution in [-0.4, -0.2) is 74.0 Å². The van der Waals surface area contributed by atoms with Gasteiger partial charge in [-0.2, -0.15) is 4.31 Å². The lowest BCUT2D eigenvalue weighted by Gasteiger charge is -2.33. The Balaban J connectivity index is 1.23. The number of ketones is 1. The molecule has 216 valence electrons. The fourth-order valence-electron chi connectivity index (χ4n) is 5.62. The molecular formula is C32H29F2N3O4S. The number of nitrogens with zero attached hydrogens (tertiary/aromatic N) is 3. The number of Topliss-reactive ketones (excluding diaryl/α,β-unsaturated/α-hetero) is 1. The van der Waals surface area contributed by atoms with Gasteiger partial charge in [0.15, 0.2) is 5.78 Å². The standard InChI is InChI=1S/C32H29F2N3O4S/c1-42(39,40)37-14-12-36(13-15-37)11-4-16-41-24-8-10-25-27(19-24)32(38)30(31(25)26-9-7-23(33)18-28(26)34)22-17-21-5-2-3-6-29(21)35-20-22/h2-3,5-10,17-20H,4,11-16H2,1H3. The van der Waals surface area contributed by atoms with Gasteiger partial charge in [-0.15, -0.1) is 0 Å². The van der Waals surface area contributed by atoms with E-state index < -0.39 is 21.7 Å². The first kappa shape index (κ1) is 28.1. The molecule has 10 heteroatoms. The highest BCUT2D eigenvalue weighted by molar-refractivity contribution is 7.88. The number of carbonyl (C=O) groups excluding carboxylic acids is 1. The van der Waals surface area contributed by atoms with Crippen LogP contribution in [0.5, 0.6) is 5.75 Å². The molecule has 2 heterocycles. The molecule has 0 unspecified atom stereocenters. The molecule has 1 aliphatic heterocycles. The van der Waals surface area contributed by atoms with Gasteiger partial charge in [0.1, 0.15) is 17.4 Å². The van der Waals surface area contributed by atoms with Crippen LogP contribution in [0.1, 0.15) is 33.5 Å². The highest BCUT2D eigenvalue weighted by Crippen LogP contribution is 2.44. The highest BCUT2D eigenvalue weighted by Gasteiger charge is 2.33. The third-order valence-corrected chi connectivity index (χ3v) is 9.05. The fourth-order valence-corrected chi connectivity index (χ4v) is 6.45. The molecule has 0 bridgehead atoms. The summed E-state index contributed by atoms with van der Waals surface area (Å²) in [5.74, 6) is -1.22. The van der Waals surface area contributed by atoms with Crippen molar-refractivity contribution in [3.8, 4) is 5.75 Å². The number of hydrogen-bond donors (Lipinski definition) is 0. The summed E-state index contributed by atoms with van der Waals surface area (Å²) < 4.78 is 59.8. The van der Waals surface area contributed by atoms with Gasteiger partial charge in [-0.05, 0) is 54.4 Å². The lowest BCUT2D eigenvalue weighted by molar-refractivity contribution is 0.105. The number of allylic oxidation sites excluding steroid dienone is 1. The van der Waals surface area contributed by atoms with Gasteiger partial charge < -0.3 is 9.64 Å². The summed E-state index contributed by atoms with van der Waals surface area (Å²) in [6.45, 7) is 3.46. The van der Waals surface area contributed by atoms with Crippen LogP contribution in [0.4, 0.5) is 8.78 Å². The van der Waals surface area contributed by atoms with Crippen molar-refractivity contribution in [3.63, 3.8) is 0 Å². The number of sulfonamides is 1. The maximum Gasteiger partial charge on any atom is 0.211 e. The number of pyridine rings is 1. The van der Waals surface area contributed by atoms with Gasteiger partial charge in [0.25, 0.3) is 0 Å². The average molecular weight is 590 g/mol. The van der Waals surface area contributed by atoms with E-state index in [2.05, 4.69) is 9.88 Å². The Hall–Kier alpha value is -3.99. The second kappa shape index (κ2) is 11.4. The van der Waals surface area contributed by atoms with Gasteiger partial charge in [-0.3, -0.25) is 9.78 Å². The van der Waals surface area contributed by atoms with Crippen LogP contribution in [0, 0.1) is 11.6 Å². The molecule has 1 fully saturated rings. The molecule has 0 N–H and O–H groups in total. The zero-order valence-electron chi connectivity index (χ0n) is 23.0. The van der Waals surface area contributed by atoms with Gasteiger partial charge in [-0.25, -0.2) is 17.2 Å². The van der Waals surface area contributed by atoms with E-state index in [1.807, 2.05) is 30.3 Å². The van der Waals surface area contributed by atoms with E-state index in [1.54, 1.807) is 24.4 Å². The minimum atomic E-state index is -3.17. The molecule has 3 aromatic carbocycles. The molecule has 1 aliphatic carbocycles. The maximum atomic E-state index is 15.1. The molecule has 1 aromatic heterocycles. The maximum absolute atomic E-state index is 15.1. The van der Waals surface area contributed by atoms with E-state index in [0.29, 0.717) is 66.4 Å². The van der Waals surface area contributed by atoms with Gasteiger partial charge in [0.2, 0.25) is 10.0 Å². The number of rotatable bonds is 8. The number of piperazine rings is 1. The second-order valence-corrected chi connectivity index (χ2v) is 12.5. The molecule has 7 nitrogen and oxygen atoms in total. The Bertz CT molecular complexity index is 1830. The zero-order valence-corrected chi connectivity index (χ0v) is 23.8. The molecule has 42 heavy (non-hydrogen) atoms. The van der Waals surface area contributed by atoms with E-state index in [-0.39, 0.29) is 11.3 Å². The van der Waals surface area contributed by atoms with Crippen LogP contribution < -0.4 is 4.74 Å². The molecule has 6 rings (SSSR count). The Labute approximate surface area is 243 Å². The molecule has 0 spiro atoms. The molecule has 1 saturated heterocycles. The van der Waals surface area contributed by atoms with Gasteiger partial charge in [0, 0.05) is 78.2 Å². The van der Waals surface area contributed by atoms with Crippen molar-refractivity contribution in [1.29, 1.82) is 0 Å². The summed E-state index contributed by atoms with van der Waals surface area (Å²) >= 11 is 0. The van der Waals surface area contributed by atoms with Crippen molar-refractivity contribution in [1.82, 2.24) is 14.2 Å². The van der Waals surface area contributed by atoms with Gasteiger partial charge in [0.05, 0.1) is 18.4 Å². The van der Waals surface area contributed by atoms with E-state index in [4.69, 9.17) is 4.74 Å². The van der Waals surface area contributed by atoms with E-state index >= 15 is 4.39 Å². The largest absolute Gasteiger partial charge is 0.494 e. The average Bonchev–Trinajstić information content (AvgIpc) is 3.26. The van der Waals surface area contributed by atoms with E-state index in [9.17, 15) is 17.6 Å². The summed E-state index contributed by atoms with van der Waals surface area (Å²) in [5, 5.41) is 0.840. The van der Waals surface area contributed by atoms with Crippen LogP contribution in [0.3, 0.4) is 0 Å². The fraction of sp³-hybridized carbons (Fsp3) is 0.250. The van der Waals surface area contributed by atoms with Crippen molar-refractivity contribution in [2.24, 2.45) is 0 Å². The first-order chi connectivity index (χ1) is 20.2. The van der Waals surface area contributed by atoms with Crippen molar-refractivity contribution in [2.45, 2.75) is 6.42 Å². The smallest absolute Gasteiger partial charge is 0.211 e. The highest BCUT2D eigenvalue weighted by atomic mass is 32.2. The number of benzene rings is 3. The van der Waals surface area contributed by atoms with E-state index in [0.717, 1.165) is 29.9 Å². The summed E-state index contributed by atoms with van der Waals surface area (Å²) in [5.41, 5.74) is 3.08. The zero-order chi connectivity index (χ0) is 29.4. The summed E-state index contributed by atoms with van der Waals surface area (Å²) in [4.78, 5) is 20.6. The van der Waals surface area contributed by atoms with Crippen molar-refractivity contribution in [2.75, 3.05) is 45.6 Å². The number of hydrogen-bond acceptors (Lipinski definition) is 6. The quantitative estimate of drug-likeness (QED) is 0.269.